The van der Waals surface area contributed by atoms with Crippen LogP contribution in [0, 0.1) is 11.8 Å². The number of benzene rings is 1. The molecule has 3 heterocycles. The van der Waals surface area contributed by atoms with Crippen molar-refractivity contribution < 1.29 is 13.6 Å². The SMILES string of the molecule is CNC(=O)c1ccc(N2CCN([C@@H]3CC[C@@H](c4nc5cccc(F)c5c(=O)[nH]4)C3)CC2)c(F)n1. The minimum absolute atomic E-state index is 0.00185. The van der Waals surface area contributed by atoms with Crippen molar-refractivity contribution in [3.63, 3.8) is 0 Å². The highest BCUT2D eigenvalue weighted by molar-refractivity contribution is 5.92. The van der Waals surface area contributed by atoms with Gasteiger partial charge in [0.1, 0.15) is 22.7 Å². The number of hydrogen-bond acceptors (Lipinski definition) is 6. The van der Waals surface area contributed by atoms with Crippen molar-refractivity contribution in [3.8, 4) is 0 Å². The minimum Gasteiger partial charge on any atom is -0.365 e. The van der Waals surface area contributed by atoms with Crippen LogP contribution in [0.4, 0.5) is 14.5 Å². The fraction of sp³-hybridized carbons (Fsp3) is 0.417. The van der Waals surface area contributed by atoms with Gasteiger partial charge in [0.25, 0.3) is 11.5 Å². The highest BCUT2D eigenvalue weighted by atomic mass is 19.1. The number of hydrogen-bond donors (Lipinski definition) is 2. The van der Waals surface area contributed by atoms with Gasteiger partial charge in [-0.3, -0.25) is 14.5 Å². The fourth-order valence-electron chi connectivity index (χ4n) is 5.14. The van der Waals surface area contributed by atoms with Crippen LogP contribution in [0.5, 0.6) is 0 Å². The first kappa shape index (κ1) is 22.4. The molecule has 1 amide bonds. The van der Waals surface area contributed by atoms with E-state index in [4.69, 9.17) is 0 Å². The number of aromatic nitrogens is 3. The van der Waals surface area contributed by atoms with E-state index >= 15 is 0 Å². The zero-order valence-corrected chi connectivity index (χ0v) is 18.9. The van der Waals surface area contributed by atoms with E-state index in [0.29, 0.717) is 36.2 Å². The summed E-state index contributed by atoms with van der Waals surface area (Å²) in [6.45, 7) is 2.87. The Morgan fingerprint density at radius 2 is 1.88 bits per heavy atom. The van der Waals surface area contributed by atoms with Crippen LogP contribution in [-0.4, -0.2) is 65.0 Å². The van der Waals surface area contributed by atoms with Gasteiger partial charge in [-0.25, -0.2) is 14.4 Å². The standard InChI is InChI=1S/C24H26F2N6O2/c1-27-23(33)18-7-8-19(21(26)28-18)32-11-9-31(10-12-32)15-6-5-14(13-15)22-29-17-4-2-3-16(25)20(17)24(34)30-22/h2-4,7-8,14-15H,5-6,9-13H2,1H3,(H,27,33)(H,29,30,34)/t14-,15-/m1/s1. The second-order valence-corrected chi connectivity index (χ2v) is 8.86. The lowest BCUT2D eigenvalue weighted by molar-refractivity contribution is 0.0957. The van der Waals surface area contributed by atoms with Crippen LogP contribution >= 0.6 is 0 Å². The van der Waals surface area contributed by atoms with Crippen LogP contribution in [0.3, 0.4) is 0 Å². The topological polar surface area (TPSA) is 94.2 Å². The molecule has 0 radical (unpaired) electrons. The van der Waals surface area contributed by atoms with Gasteiger partial charge in [0.05, 0.1) is 11.2 Å². The zero-order valence-electron chi connectivity index (χ0n) is 18.9. The second-order valence-electron chi connectivity index (χ2n) is 8.86. The van der Waals surface area contributed by atoms with Gasteiger partial charge >= 0.3 is 0 Å². The number of fused-ring (bicyclic) bond motifs is 1. The predicted molar refractivity (Wildman–Crippen MR) is 124 cm³/mol. The summed E-state index contributed by atoms with van der Waals surface area (Å²) < 4.78 is 28.5. The van der Waals surface area contributed by atoms with E-state index in [1.807, 2.05) is 4.90 Å². The summed E-state index contributed by atoms with van der Waals surface area (Å²) >= 11 is 0. The molecule has 0 spiro atoms. The lowest BCUT2D eigenvalue weighted by Gasteiger charge is -2.39. The lowest BCUT2D eigenvalue weighted by Crippen LogP contribution is -2.50. The van der Waals surface area contributed by atoms with Gasteiger partial charge in [-0.15, -0.1) is 0 Å². The number of carbonyl (C=O) groups excluding carboxylic acids is 1. The Labute approximate surface area is 195 Å². The molecule has 2 aromatic heterocycles. The first-order chi connectivity index (χ1) is 16.4. The van der Waals surface area contributed by atoms with E-state index < -0.39 is 23.2 Å². The van der Waals surface area contributed by atoms with Gasteiger partial charge in [0.2, 0.25) is 5.95 Å². The summed E-state index contributed by atoms with van der Waals surface area (Å²) in [7, 11) is 1.48. The van der Waals surface area contributed by atoms with Gasteiger partial charge in [0.15, 0.2) is 0 Å². The quantitative estimate of drug-likeness (QED) is 0.572. The Hall–Kier alpha value is -3.40. The molecule has 10 heteroatoms. The number of pyridine rings is 1. The molecule has 1 saturated heterocycles. The Balaban J connectivity index is 1.23. The molecule has 178 valence electrons. The van der Waals surface area contributed by atoms with E-state index in [1.165, 1.54) is 19.2 Å². The van der Waals surface area contributed by atoms with E-state index in [0.717, 1.165) is 32.4 Å². The first-order valence-corrected chi connectivity index (χ1v) is 11.5. The van der Waals surface area contributed by atoms with Crippen molar-refractivity contribution in [1.82, 2.24) is 25.2 Å². The molecule has 2 N–H and O–H groups in total. The summed E-state index contributed by atoms with van der Waals surface area (Å²) in [6.07, 6.45) is 2.74. The number of nitrogens with one attached hydrogen (secondary N) is 2. The van der Waals surface area contributed by atoms with Crippen molar-refractivity contribution in [2.45, 2.75) is 31.2 Å². The van der Waals surface area contributed by atoms with Crippen molar-refractivity contribution in [2.75, 3.05) is 38.1 Å². The van der Waals surface area contributed by atoms with Crippen LogP contribution < -0.4 is 15.8 Å². The molecular formula is C24H26F2N6O2. The van der Waals surface area contributed by atoms with Crippen molar-refractivity contribution in [1.29, 1.82) is 0 Å². The second kappa shape index (κ2) is 9.09. The average molecular weight is 469 g/mol. The number of amides is 1. The molecule has 5 rings (SSSR count). The zero-order chi connectivity index (χ0) is 23.8. The number of aromatic amines is 1. The summed E-state index contributed by atoms with van der Waals surface area (Å²) in [5.74, 6) is -0.887. The summed E-state index contributed by atoms with van der Waals surface area (Å²) in [5, 5.41) is 2.45. The van der Waals surface area contributed by atoms with E-state index in [-0.39, 0.29) is 17.0 Å². The number of rotatable bonds is 4. The lowest BCUT2D eigenvalue weighted by atomic mass is 10.1. The van der Waals surface area contributed by atoms with Crippen LogP contribution in [0.1, 0.15) is 41.5 Å². The fourth-order valence-corrected chi connectivity index (χ4v) is 5.14. The smallest absolute Gasteiger partial charge is 0.269 e. The third kappa shape index (κ3) is 4.13. The van der Waals surface area contributed by atoms with E-state index in [2.05, 4.69) is 25.2 Å². The maximum Gasteiger partial charge on any atom is 0.269 e. The number of carbonyl (C=O) groups is 1. The van der Waals surface area contributed by atoms with Gasteiger partial charge in [0, 0.05) is 45.2 Å². The number of H-pyrrole nitrogens is 1. The summed E-state index contributed by atoms with van der Waals surface area (Å²) in [5.41, 5.74) is 0.409. The third-order valence-electron chi connectivity index (χ3n) is 6.95. The van der Waals surface area contributed by atoms with Crippen LogP contribution in [0.15, 0.2) is 35.1 Å². The molecule has 2 atom stereocenters. The molecule has 2 fully saturated rings. The van der Waals surface area contributed by atoms with Crippen molar-refractivity contribution in [2.24, 2.45) is 0 Å². The molecule has 8 nitrogen and oxygen atoms in total. The Morgan fingerprint density at radius 3 is 2.62 bits per heavy atom. The molecule has 34 heavy (non-hydrogen) atoms. The maximum atomic E-state index is 14.5. The Morgan fingerprint density at radius 1 is 1.09 bits per heavy atom. The molecule has 1 saturated carbocycles. The highest BCUT2D eigenvalue weighted by Gasteiger charge is 2.33. The molecule has 1 aromatic carbocycles. The van der Waals surface area contributed by atoms with Gasteiger partial charge in [-0.2, -0.15) is 4.39 Å². The summed E-state index contributed by atoms with van der Waals surface area (Å²) in [6, 6.07) is 7.99. The Kier molecular flexibility index (Phi) is 5.99. The molecular weight excluding hydrogens is 442 g/mol. The number of nitrogens with zero attached hydrogens (tertiary/aromatic N) is 4. The van der Waals surface area contributed by atoms with Crippen LogP contribution in [-0.2, 0) is 0 Å². The van der Waals surface area contributed by atoms with Gasteiger partial charge < -0.3 is 15.2 Å². The van der Waals surface area contributed by atoms with Crippen molar-refractivity contribution in [3.05, 3.63) is 64.0 Å². The maximum absolute atomic E-state index is 14.5. The number of piperazine rings is 1. The normalized spacial score (nSPS) is 21.2. The van der Waals surface area contributed by atoms with Crippen LogP contribution in [0.25, 0.3) is 10.9 Å². The molecule has 0 bridgehead atoms. The summed E-state index contributed by atoms with van der Waals surface area (Å²) in [4.78, 5) is 39.6. The molecule has 3 aromatic rings. The number of halogens is 2. The largest absolute Gasteiger partial charge is 0.365 e. The van der Waals surface area contributed by atoms with Gasteiger partial charge in [-0.1, -0.05) is 6.07 Å². The average Bonchev–Trinajstić information content (AvgIpc) is 3.34. The molecule has 1 aliphatic carbocycles. The van der Waals surface area contributed by atoms with Gasteiger partial charge in [-0.05, 0) is 43.5 Å². The monoisotopic (exact) mass is 468 g/mol. The van der Waals surface area contributed by atoms with Crippen molar-refractivity contribution >= 4 is 22.5 Å². The third-order valence-corrected chi connectivity index (χ3v) is 6.95. The minimum atomic E-state index is -0.641. The van der Waals surface area contributed by atoms with E-state index in [1.54, 1.807) is 18.2 Å². The van der Waals surface area contributed by atoms with Crippen LogP contribution in [0.2, 0.25) is 0 Å². The predicted octanol–water partition coefficient (Wildman–Crippen LogP) is 2.41. The molecule has 0 unspecified atom stereocenters. The first-order valence-electron chi connectivity index (χ1n) is 11.5. The van der Waals surface area contributed by atoms with E-state index in [9.17, 15) is 18.4 Å². The Bertz CT molecular complexity index is 1290. The number of anilines is 1. The highest BCUT2D eigenvalue weighted by Crippen LogP contribution is 2.36. The molecule has 2 aliphatic rings. The molecule has 1 aliphatic heterocycles.